The number of nitrogens with zero attached hydrogens (tertiary/aromatic N) is 2. The first-order chi connectivity index (χ1) is 7.22. The lowest BCUT2D eigenvalue weighted by molar-refractivity contribution is -0.140. The van der Waals surface area contributed by atoms with Crippen LogP contribution in [-0.2, 0) is 10.2 Å². The summed E-state index contributed by atoms with van der Waals surface area (Å²) in [5.41, 5.74) is 1.10. The molecule has 2 aromatic heterocycles. The maximum Gasteiger partial charge on any atom is 0.314 e. The van der Waals surface area contributed by atoms with Crippen molar-refractivity contribution in [3.63, 3.8) is 0 Å². The summed E-state index contributed by atoms with van der Waals surface area (Å²) in [5, 5.41) is 9.15. The largest absolute Gasteiger partial charge is 0.481 e. The van der Waals surface area contributed by atoms with Crippen molar-refractivity contribution in [1.82, 2.24) is 9.38 Å². The third-order valence-electron chi connectivity index (χ3n) is 3.10. The fourth-order valence-corrected chi connectivity index (χ4v) is 1.95. The molecule has 76 valence electrons. The van der Waals surface area contributed by atoms with Crippen LogP contribution in [0.5, 0.6) is 0 Å². The van der Waals surface area contributed by atoms with E-state index in [1.165, 1.54) is 0 Å². The summed E-state index contributed by atoms with van der Waals surface area (Å²) in [6.07, 6.45) is 6.88. The van der Waals surface area contributed by atoms with Gasteiger partial charge in [0, 0.05) is 18.6 Å². The number of carbonyl (C=O) groups is 1. The molecule has 4 nitrogen and oxygen atoms in total. The minimum atomic E-state index is -0.720. The minimum absolute atomic E-state index is 0.627. The normalized spacial score (nSPS) is 17.9. The van der Waals surface area contributed by atoms with Crippen molar-refractivity contribution >= 4 is 11.6 Å². The van der Waals surface area contributed by atoms with Crippen molar-refractivity contribution in [3.8, 4) is 0 Å². The molecule has 1 aliphatic carbocycles. The number of fused-ring (bicyclic) bond motifs is 1. The van der Waals surface area contributed by atoms with Crippen molar-refractivity contribution in [2.45, 2.75) is 18.3 Å². The van der Waals surface area contributed by atoms with Crippen LogP contribution in [0.1, 0.15) is 18.4 Å². The molecule has 0 atom stereocenters. The molecular formula is C11H10N2O2. The number of hydrogen-bond acceptors (Lipinski definition) is 2. The van der Waals surface area contributed by atoms with Crippen molar-refractivity contribution in [1.29, 1.82) is 0 Å². The zero-order chi connectivity index (χ0) is 10.5. The van der Waals surface area contributed by atoms with E-state index in [1.54, 1.807) is 6.20 Å². The van der Waals surface area contributed by atoms with E-state index in [0.29, 0.717) is 0 Å². The van der Waals surface area contributed by atoms with E-state index in [0.717, 1.165) is 24.1 Å². The quantitative estimate of drug-likeness (QED) is 0.801. The number of aromatic nitrogens is 2. The molecule has 0 unspecified atom stereocenters. The molecule has 1 fully saturated rings. The standard InChI is InChI=1S/C11H10N2O2/c14-10(15)11(3-4-11)8-1-2-9-12-5-6-13(9)7-8/h1-2,5-7H,3-4H2,(H,14,15). The van der Waals surface area contributed by atoms with Gasteiger partial charge in [-0.3, -0.25) is 4.79 Å². The molecule has 0 radical (unpaired) electrons. The second-order valence-corrected chi connectivity index (χ2v) is 4.00. The molecular weight excluding hydrogens is 192 g/mol. The molecule has 0 aromatic carbocycles. The van der Waals surface area contributed by atoms with Gasteiger partial charge in [0.05, 0.1) is 5.41 Å². The van der Waals surface area contributed by atoms with Crippen LogP contribution < -0.4 is 0 Å². The van der Waals surface area contributed by atoms with E-state index in [-0.39, 0.29) is 0 Å². The summed E-state index contributed by atoms with van der Waals surface area (Å²) in [4.78, 5) is 15.3. The highest BCUT2D eigenvalue weighted by molar-refractivity contribution is 5.84. The Morgan fingerprint density at radius 3 is 2.93 bits per heavy atom. The monoisotopic (exact) mass is 202 g/mol. The lowest BCUT2D eigenvalue weighted by atomic mass is 9.98. The Balaban J connectivity index is 2.15. The van der Waals surface area contributed by atoms with Gasteiger partial charge >= 0.3 is 5.97 Å². The third-order valence-corrected chi connectivity index (χ3v) is 3.10. The number of carboxylic acids is 1. The number of hydrogen-bond donors (Lipinski definition) is 1. The van der Waals surface area contributed by atoms with Crippen molar-refractivity contribution in [2.24, 2.45) is 0 Å². The molecule has 0 saturated heterocycles. The first kappa shape index (κ1) is 8.47. The zero-order valence-corrected chi connectivity index (χ0v) is 8.05. The number of imidazole rings is 1. The maximum absolute atomic E-state index is 11.1. The summed E-state index contributed by atoms with van der Waals surface area (Å²) < 4.78 is 1.86. The summed E-state index contributed by atoms with van der Waals surface area (Å²) in [7, 11) is 0. The van der Waals surface area contributed by atoms with E-state index < -0.39 is 11.4 Å². The van der Waals surface area contributed by atoms with Gasteiger partial charge in [-0.2, -0.15) is 0 Å². The molecule has 0 amide bonds. The highest BCUT2D eigenvalue weighted by Gasteiger charge is 2.51. The molecule has 4 heteroatoms. The van der Waals surface area contributed by atoms with Gasteiger partial charge in [0.1, 0.15) is 5.65 Å². The van der Waals surface area contributed by atoms with Crippen LogP contribution >= 0.6 is 0 Å². The summed E-state index contributed by atoms with van der Waals surface area (Å²) >= 11 is 0. The summed E-state index contributed by atoms with van der Waals surface area (Å²) in [6, 6.07) is 3.72. The van der Waals surface area contributed by atoms with E-state index in [2.05, 4.69) is 4.98 Å². The molecule has 1 aliphatic rings. The lowest BCUT2D eigenvalue weighted by Crippen LogP contribution is -2.19. The zero-order valence-electron chi connectivity index (χ0n) is 8.05. The third kappa shape index (κ3) is 1.08. The number of aliphatic carboxylic acids is 1. The predicted molar refractivity (Wildman–Crippen MR) is 53.7 cm³/mol. The SMILES string of the molecule is O=C(O)C1(c2ccc3nccn3c2)CC1. The molecule has 2 aromatic rings. The predicted octanol–water partition coefficient (Wildman–Crippen LogP) is 1.45. The molecule has 0 spiro atoms. The van der Waals surface area contributed by atoms with Gasteiger partial charge in [0.15, 0.2) is 0 Å². The topological polar surface area (TPSA) is 54.6 Å². The Morgan fingerprint density at radius 1 is 1.47 bits per heavy atom. The maximum atomic E-state index is 11.1. The Morgan fingerprint density at radius 2 is 2.27 bits per heavy atom. The van der Waals surface area contributed by atoms with Crippen LogP contribution in [0.25, 0.3) is 5.65 Å². The number of rotatable bonds is 2. The number of carboxylic acid groups (broad SMARTS) is 1. The highest BCUT2D eigenvalue weighted by Crippen LogP contribution is 2.48. The Labute approximate surface area is 86.2 Å². The van der Waals surface area contributed by atoms with Gasteiger partial charge in [-0.25, -0.2) is 4.98 Å². The van der Waals surface area contributed by atoms with E-state index in [1.807, 2.05) is 28.9 Å². The summed E-state index contributed by atoms with van der Waals surface area (Å²) in [6.45, 7) is 0. The second kappa shape index (κ2) is 2.59. The Bertz CT molecular complexity index is 540. The average molecular weight is 202 g/mol. The smallest absolute Gasteiger partial charge is 0.314 e. The Hall–Kier alpha value is -1.84. The van der Waals surface area contributed by atoms with Crippen LogP contribution in [0.3, 0.4) is 0 Å². The van der Waals surface area contributed by atoms with Gasteiger partial charge in [-0.1, -0.05) is 6.07 Å². The molecule has 0 aliphatic heterocycles. The highest BCUT2D eigenvalue weighted by atomic mass is 16.4. The van der Waals surface area contributed by atoms with Gasteiger partial charge < -0.3 is 9.51 Å². The van der Waals surface area contributed by atoms with Crippen LogP contribution in [0.2, 0.25) is 0 Å². The first-order valence-corrected chi connectivity index (χ1v) is 4.89. The first-order valence-electron chi connectivity index (χ1n) is 4.89. The molecule has 1 N–H and O–H groups in total. The van der Waals surface area contributed by atoms with Crippen LogP contribution in [0, 0.1) is 0 Å². The Kier molecular flexibility index (Phi) is 1.46. The molecule has 1 saturated carbocycles. The van der Waals surface area contributed by atoms with Gasteiger partial charge in [-0.15, -0.1) is 0 Å². The van der Waals surface area contributed by atoms with Gasteiger partial charge in [0.25, 0.3) is 0 Å². The van der Waals surface area contributed by atoms with Crippen LogP contribution in [0.15, 0.2) is 30.7 Å². The van der Waals surface area contributed by atoms with E-state index >= 15 is 0 Å². The molecule has 3 rings (SSSR count). The number of pyridine rings is 1. The van der Waals surface area contributed by atoms with Gasteiger partial charge in [0.2, 0.25) is 0 Å². The van der Waals surface area contributed by atoms with Gasteiger partial charge in [-0.05, 0) is 24.5 Å². The van der Waals surface area contributed by atoms with Crippen molar-refractivity contribution < 1.29 is 9.90 Å². The van der Waals surface area contributed by atoms with Crippen molar-refractivity contribution in [2.75, 3.05) is 0 Å². The van der Waals surface area contributed by atoms with E-state index in [4.69, 9.17) is 5.11 Å². The minimum Gasteiger partial charge on any atom is -0.481 e. The molecule has 0 bridgehead atoms. The molecule has 2 heterocycles. The van der Waals surface area contributed by atoms with Crippen LogP contribution in [-0.4, -0.2) is 20.5 Å². The average Bonchev–Trinajstić information content (AvgIpc) is 2.91. The fraction of sp³-hybridized carbons (Fsp3) is 0.273. The summed E-state index contributed by atoms with van der Waals surface area (Å²) in [5.74, 6) is -0.720. The van der Waals surface area contributed by atoms with Crippen LogP contribution in [0.4, 0.5) is 0 Å². The lowest BCUT2D eigenvalue weighted by Gasteiger charge is -2.09. The fourth-order valence-electron chi connectivity index (χ4n) is 1.95. The second-order valence-electron chi connectivity index (χ2n) is 4.00. The van der Waals surface area contributed by atoms with Crippen molar-refractivity contribution in [3.05, 3.63) is 36.3 Å². The van der Waals surface area contributed by atoms with E-state index in [9.17, 15) is 4.79 Å². The molecule has 15 heavy (non-hydrogen) atoms.